The van der Waals surface area contributed by atoms with E-state index in [1.807, 2.05) is 6.07 Å². The zero-order valence-electron chi connectivity index (χ0n) is 35.2. The fourth-order valence-electron chi connectivity index (χ4n) is 11.2. The predicted molar refractivity (Wildman–Crippen MR) is 264 cm³/mol. The van der Waals surface area contributed by atoms with Crippen molar-refractivity contribution in [3.05, 3.63) is 253 Å². The van der Waals surface area contributed by atoms with Gasteiger partial charge in [-0.15, -0.1) is 0 Å². The molecule has 0 unspecified atom stereocenters. The van der Waals surface area contributed by atoms with Crippen molar-refractivity contribution in [2.24, 2.45) is 0 Å². The van der Waals surface area contributed by atoms with Gasteiger partial charge in [-0.3, -0.25) is 0 Å². The Morgan fingerprint density at radius 3 is 1.65 bits per heavy atom. The molecule has 4 nitrogen and oxygen atoms in total. The van der Waals surface area contributed by atoms with Gasteiger partial charge in [-0.1, -0.05) is 152 Å². The molecule has 1 spiro atoms. The van der Waals surface area contributed by atoms with Gasteiger partial charge in [-0.05, 0) is 134 Å². The van der Waals surface area contributed by atoms with E-state index in [0.29, 0.717) is 23.0 Å². The van der Waals surface area contributed by atoms with Gasteiger partial charge in [0.25, 0.3) is 0 Å². The van der Waals surface area contributed by atoms with Crippen LogP contribution in [0.1, 0.15) is 22.3 Å². The first kappa shape index (κ1) is 35.9. The summed E-state index contributed by atoms with van der Waals surface area (Å²) in [5.74, 6) is 2.75. The first-order valence-corrected chi connectivity index (χ1v) is 22.2. The molecule has 1 aromatic heterocycles. The van der Waals surface area contributed by atoms with Crippen LogP contribution in [0.4, 0.5) is 17.1 Å². The summed E-state index contributed by atoms with van der Waals surface area (Å²) >= 11 is 0. The van der Waals surface area contributed by atoms with Crippen LogP contribution in [0.5, 0.6) is 23.0 Å². The van der Waals surface area contributed by atoms with Crippen LogP contribution in [0.15, 0.2) is 231 Å². The minimum absolute atomic E-state index is 0.470. The second-order valence-electron chi connectivity index (χ2n) is 17.2. The summed E-state index contributed by atoms with van der Waals surface area (Å²) in [6.45, 7) is 0. The molecule has 14 rings (SSSR count). The normalized spacial score (nSPS) is 13.3. The predicted octanol–water partition coefficient (Wildman–Crippen LogP) is 16.2. The molecule has 1 aliphatic heterocycles. The highest BCUT2D eigenvalue weighted by molar-refractivity contribution is 6.10. The average molecular weight is 831 g/mol. The molecule has 2 aliphatic carbocycles. The fraction of sp³-hybridized carbons (Fsp3) is 0.0164. The lowest BCUT2D eigenvalue weighted by Crippen LogP contribution is -2.25. The Morgan fingerprint density at radius 2 is 0.923 bits per heavy atom. The van der Waals surface area contributed by atoms with Gasteiger partial charge in [-0.25, -0.2) is 0 Å². The van der Waals surface area contributed by atoms with E-state index in [-0.39, 0.29) is 0 Å². The van der Waals surface area contributed by atoms with E-state index in [2.05, 4.69) is 234 Å². The van der Waals surface area contributed by atoms with Crippen molar-refractivity contribution < 1.29 is 9.47 Å². The second-order valence-corrected chi connectivity index (χ2v) is 17.2. The molecule has 0 radical (unpaired) electrons. The number of fused-ring (bicyclic) bond motifs is 15. The quantitative estimate of drug-likeness (QED) is 0.173. The van der Waals surface area contributed by atoms with Crippen molar-refractivity contribution in [2.75, 3.05) is 4.90 Å². The molecule has 4 heteroatoms. The Hall–Kier alpha value is -8.60. The summed E-state index contributed by atoms with van der Waals surface area (Å²) in [7, 11) is 0. The maximum atomic E-state index is 7.10. The van der Waals surface area contributed by atoms with E-state index in [4.69, 9.17) is 9.47 Å². The van der Waals surface area contributed by atoms with Crippen LogP contribution >= 0.6 is 0 Å². The first-order chi connectivity index (χ1) is 32.2. The van der Waals surface area contributed by atoms with Crippen molar-refractivity contribution in [1.29, 1.82) is 0 Å². The van der Waals surface area contributed by atoms with E-state index in [0.717, 1.165) is 39.4 Å². The average Bonchev–Trinajstić information content (AvgIpc) is 3.97. The Kier molecular flexibility index (Phi) is 7.57. The number of hydrogen-bond acceptors (Lipinski definition) is 3. The molecule has 0 fully saturated rings. The van der Waals surface area contributed by atoms with Gasteiger partial charge in [0.1, 0.15) is 0 Å². The number of ether oxygens (including phenoxy) is 2. The van der Waals surface area contributed by atoms with Crippen molar-refractivity contribution in [2.45, 2.75) is 5.41 Å². The summed E-state index contributed by atoms with van der Waals surface area (Å²) in [6, 6.07) is 82.7. The van der Waals surface area contributed by atoms with E-state index < -0.39 is 5.41 Å². The van der Waals surface area contributed by atoms with E-state index >= 15 is 0 Å². The van der Waals surface area contributed by atoms with Crippen LogP contribution in [0, 0.1) is 0 Å². The van der Waals surface area contributed by atoms with Crippen LogP contribution in [-0.4, -0.2) is 4.57 Å². The standard InChI is InChI=1S/C61H38N2O2/c1-3-16-41(17-4-1)62(43-33-30-39(31-34-43)40-32-35-55-49(36-40)47-23-10-14-27-54(47)63(55)42-18-5-2-6-19-42)56-28-15-29-57-60(56)65-58-37-48-46-22-9-13-26-52(46)61(53(48)38-59(58)64-57)50-24-11-7-20-44(50)45-21-8-12-25-51(45)61/h1-38H. The molecule has 0 amide bonds. The third-order valence-electron chi connectivity index (χ3n) is 13.9. The van der Waals surface area contributed by atoms with Gasteiger partial charge in [-0.2, -0.15) is 0 Å². The van der Waals surface area contributed by atoms with Gasteiger partial charge in [0.15, 0.2) is 23.0 Å². The summed E-state index contributed by atoms with van der Waals surface area (Å²) in [4.78, 5) is 2.26. The van der Waals surface area contributed by atoms with E-state index in [1.165, 1.54) is 60.8 Å². The van der Waals surface area contributed by atoms with Crippen LogP contribution in [0.2, 0.25) is 0 Å². The van der Waals surface area contributed by atoms with Crippen molar-refractivity contribution in [3.8, 4) is 62.1 Å². The molecule has 2 heterocycles. The zero-order valence-corrected chi connectivity index (χ0v) is 35.2. The topological polar surface area (TPSA) is 26.6 Å². The Balaban J connectivity index is 0.867. The summed E-state index contributed by atoms with van der Waals surface area (Å²) in [5, 5.41) is 2.47. The molecule has 0 bridgehead atoms. The molecule has 0 atom stereocenters. The van der Waals surface area contributed by atoms with Gasteiger partial charge < -0.3 is 18.9 Å². The van der Waals surface area contributed by atoms with E-state index in [1.54, 1.807) is 0 Å². The first-order valence-electron chi connectivity index (χ1n) is 22.2. The van der Waals surface area contributed by atoms with Gasteiger partial charge in [0, 0.05) is 27.8 Å². The number of benzene rings is 10. The maximum absolute atomic E-state index is 7.10. The minimum Gasteiger partial charge on any atom is -0.449 e. The molecule has 0 saturated carbocycles. The third kappa shape index (κ3) is 5.08. The highest BCUT2D eigenvalue weighted by atomic mass is 16.6. The molecule has 65 heavy (non-hydrogen) atoms. The maximum Gasteiger partial charge on any atom is 0.194 e. The molecular formula is C61H38N2O2. The van der Waals surface area contributed by atoms with Gasteiger partial charge in [0.05, 0.1) is 22.1 Å². The molecule has 3 aliphatic rings. The molecule has 0 saturated heterocycles. The van der Waals surface area contributed by atoms with Crippen molar-refractivity contribution >= 4 is 38.9 Å². The molecule has 304 valence electrons. The van der Waals surface area contributed by atoms with Crippen LogP contribution < -0.4 is 14.4 Å². The van der Waals surface area contributed by atoms with Crippen molar-refractivity contribution in [3.63, 3.8) is 0 Å². The lowest BCUT2D eigenvalue weighted by molar-refractivity contribution is 0.360. The highest BCUT2D eigenvalue weighted by Gasteiger charge is 2.52. The Morgan fingerprint density at radius 1 is 0.354 bits per heavy atom. The van der Waals surface area contributed by atoms with Crippen LogP contribution in [-0.2, 0) is 5.41 Å². The zero-order chi connectivity index (χ0) is 42.6. The largest absolute Gasteiger partial charge is 0.449 e. The van der Waals surface area contributed by atoms with Crippen LogP contribution in [0.25, 0.3) is 60.9 Å². The number of anilines is 3. The SMILES string of the molecule is c1ccc(N(c2ccc(-c3ccc4c(c3)c3ccccc3n4-c3ccccc3)cc2)c2cccc3c2Oc2cc4c(cc2O3)C2(c3ccccc3-c3ccccc32)c2ccccc2-4)cc1. The number of aromatic nitrogens is 1. The smallest absolute Gasteiger partial charge is 0.194 e. The molecule has 0 N–H and O–H groups in total. The Bertz CT molecular complexity index is 3680. The fourth-order valence-corrected chi connectivity index (χ4v) is 11.2. The third-order valence-corrected chi connectivity index (χ3v) is 13.9. The second kappa shape index (κ2) is 13.7. The highest BCUT2D eigenvalue weighted by Crippen LogP contribution is 2.65. The molecular weight excluding hydrogens is 793 g/mol. The number of hydrogen-bond donors (Lipinski definition) is 0. The number of nitrogens with zero attached hydrogens (tertiary/aromatic N) is 2. The minimum atomic E-state index is -0.470. The van der Waals surface area contributed by atoms with Gasteiger partial charge in [0.2, 0.25) is 0 Å². The molecule has 11 aromatic rings. The Labute approximate surface area is 376 Å². The summed E-state index contributed by atoms with van der Waals surface area (Å²) < 4.78 is 16.4. The monoisotopic (exact) mass is 830 g/mol. The van der Waals surface area contributed by atoms with Crippen molar-refractivity contribution in [1.82, 2.24) is 4.57 Å². The number of rotatable bonds is 5. The lowest BCUT2D eigenvalue weighted by Gasteiger charge is -2.32. The summed E-state index contributed by atoms with van der Waals surface area (Å²) in [6.07, 6.45) is 0. The van der Waals surface area contributed by atoms with Crippen LogP contribution in [0.3, 0.4) is 0 Å². The van der Waals surface area contributed by atoms with E-state index in [9.17, 15) is 0 Å². The molecule has 10 aromatic carbocycles. The van der Waals surface area contributed by atoms with Gasteiger partial charge >= 0.3 is 0 Å². The number of para-hydroxylation sites is 4. The summed E-state index contributed by atoms with van der Waals surface area (Å²) in [5.41, 5.74) is 18.3. The lowest BCUT2D eigenvalue weighted by atomic mass is 9.70.